The van der Waals surface area contributed by atoms with Crippen LogP contribution >= 0.6 is 38.5 Å². The van der Waals surface area contributed by atoms with Crippen LogP contribution in [-0.4, -0.2) is 19.1 Å². The van der Waals surface area contributed by atoms with E-state index < -0.39 is 29.0 Å². The van der Waals surface area contributed by atoms with E-state index >= 15 is 0 Å². The van der Waals surface area contributed by atoms with Crippen LogP contribution in [0.4, 0.5) is 24.5 Å². The first kappa shape index (κ1) is 21.5. The molecule has 0 aliphatic rings. The van der Waals surface area contributed by atoms with E-state index in [9.17, 15) is 18.0 Å². The summed E-state index contributed by atoms with van der Waals surface area (Å²) in [7, 11) is 0. The van der Waals surface area contributed by atoms with Gasteiger partial charge in [-0.3, -0.25) is 9.63 Å². The van der Waals surface area contributed by atoms with Crippen LogP contribution in [0.5, 0.6) is 0 Å². The van der Waals surface area contributed by atoms with E-state index in [-0.39, 0.29) is 28.9 Å². The number of benzene rings is 2. The molecule has 0 radical (unpaired) electrons. The maximum absolute atomic E-state index is 14.4. The number of hydrogen-bond donors (Lipinski definition) is 2. The fourth-order valence-electron chi connectivity index (χ4n) is 1.97. The number of nitrogens with one attached hydrogen (secondary N) is 2. The SMILES string of the molecule is C=COCCONC(=O)c1cc(Br)c(F)c(F)c1Nc1ccc(I)cc1F. The molecule has 0 aliphatic heterocycles. The van der Waals surface area contributed by atoms with Gasteiger partial charge in [0.1, 0.15) is 19.0 Å². The zero-order valence-corrected chi connectivity index (χ0v) is 17.4. The Bertz CT molecular complexity index is 868. The highest BCUT2D eigenvalue weighted by Gasteiger charge is 2.23. The number of carbonyl (C=O) groups excluding carboxylic acids is 1. The van der Waals surface area contributed by atoms with E-state index in [1.165, 1.54) is 18.4 Å². The smallest absolute Gasteiger partial charge is 0.277 e. The summed E-state index contributed by atoms with van der Waals surface area (Å²) in [5.41, 5.74) is 1.15. The van der Waals surface area contributed by atoms with E-state index in [4.69, 9.17) is 9.57 Å². The van der Waals surface area contributed by atoms with Gasteiger partial charge in [-0.15, -0.1) is 0 Å². The molecule has 0 fully saturated rings. The van der Waals surface area contributed by atoms with Crippen LogP contribution in [-0.2, 0) is 9.57 Å². The standard InChI is InChI=1S/C17H13BrF3IN2O3/c1-2-26-5-6-27-24-17(25)10-8-11(18)14(20)15(21)16(10)23-13-4-3-9(22)7-12(13)19/h2-4,7-8,23H,1,5-6H2,(H,24,25). The van der Waals surface area contributed by atoms with Gasteiger partial charge in [-0.1, -0.05) is 6.58 Å². The van der Waals surface area contributed by atoms with E-state index in [0.29, 0.717) is 3.57 Å². The minimum Gasteiger partial charge on any atom is -0.499 e. The zero-order chi connectivity index (χ0) is 20.0. The highest BCUT2D eigenvalue weighted by Crippen LogP contribution is 2.32. The van der Waals surface area contributed by atoms with Crippen molar-refractivity contribution in [3.63, 3.8) is 0 Å². The van der Waals surface area contributed by atoms with Crippen molar-refractivity contribution in [2.75, 3.05) is 18.5 Å². The van der Waals surface area contributed by atoms with Crippen molar-refractivity contribution in [3.8, 4) is 0 Å². The molecule has 0 bridgehead atoms. The van der Waals surface area contributed by atoms with Crippen LogP contribution in [0, 0.1) is 21.0 Å². The molecule has 1 amide bonds. The average Bonchev–Trinajstić information content (AvgIpc) is 2.63. The van der Waals surface area contributed by atoms with Crippen molar-refractivity contribution in [3.05, 3.63) is 68.2 Å². The van der Waals surface area contributed by atoms with E-state index in [0.717, 1.165) is 6.07 Å². The molecule has 5 nitrogen and oxygen atoms in total. The normalized spacial score (nSPS) is 10.4. The second-order valence-electron chi connectivity index (χ2n) is 4.98. The Morgan fingerprint density at radius 3 is 2.63 bits per heavy atom. The van der Waals surface area contributed by atoms with Crippen molar-refractivity contribution in [2.24, 2.45) is 0 Å². The predicted molar refractivity (Wildman–Crippen MR) is 106 cm³/mol. The molecule has 2 rings (SSSR count). The lowest BCUT2D eigenvalue weighted by molar-refractivity contribution is 0.0145. The molecular formula is C17H13BrF3IN2O3. The molecule has 0 saturated heterocycles. The number of ether oxygens (including phenoxy) is 1. The van der Waals surface area contributed by atoms with Crippen LogP contribution in [0.25, 0.3) is 0 Å². The van der Waals surface area contributed by atoms with E-state index in [1.54, 1.807) is 6.07 Å². The summed E-state index contributed by atoms with van der Waals surface area (Å²) in [5.74, 6) is -4.11. The van der Waals surface area contributed by atoms with Crippen LogP contribution < -0.4 is 10.8 Å². The van der Waals surface area contributed by atoms with Gasteiger partial charge in [0.15, 0.2) is 11.6 Å². The van der Waals surface area contributed by atoms with Crippen molar-refractivity contribution in [2.45, 2.75) is 0 Å². The third-order valence-electron chi connectivity index (χ3n) is 3.18. The van der Waals surface area contributed by atoms with Gasteiger partial charge in [0.05, 0.1) is 27.7 Å². The van der Waals surface area contributed by atoms with E-state index in [2.05, 4.69) is 33.3 Å². The van der Waals surface area contributed by atoms with Gasteiger partial charge in [-0.2, -0.15) is 0 Å². The minimum atomic E-state index is -1.34. The molecule has 144 valence electrons. The van der Waals surface area contributed by atoms with Crippen LogP contribution in [0.1, 0.15) is 10.4 Å². The lowest BCUT2D eigenvalue weighted by Gasteiger charge is -2.15. The first-order chi connectivity index (χ1) is 12.8. The van der Waals surface area contributed by atoms with Gasteiger partial charge in [0, 0.05) is 3.57 Å². The molecule has 0 unspecified atom stereocenters. The molecule has 0 aromatic heterocycles. The lowest BCUT2D eigenvalue weighted by atomic mass is 10.1. The summed E-state index contributed by atoms with van der Waals surface area (Å²) in [5, 5.41) is 2.43. The fourth-order valence-corrected chi connectivity index (χ4v) is 2.82. The van der Waals surface area contributed by atoms with Crippen LogP contribution in [0.3, 0.4) is 0 Å². The third kappa shape index (κ3) is 5.59. The van der Waals surface area contributed by atoms with Crippen molar-refractivity contribution in [1.29, 1.82) is 0 Å². The van der Waals surface area contributed by atoms with Gasteiger partial charge < -0.3 is 10.1 Å². The average molecular weight is 557 g/mol. The topological polar surface area (TPSA) is 59.6 Å². The molecule has 0 atom stereocenters. The largest absolute Gasteiger partial charge is 0.499 e. The van der Waals surface area contributed by atoms with Crippen molar-refractivity contribution >= 4 is 55.8 Å². The van der Waals surface area contributed by atoms with Crippen LogP contribution in [0.2, 0.25) is 0 Å². The first-order valence-electron chi connectivity index (χ1n) is 7.39. The third-order valence-corrected chi connectivity index (χ3v) is 4.43. The first-order valence-corrected chi connectivity index (χ1v) is 9.26. The molecule has 0 saturated carbocycles. The van der Waals surface area contributed by atoms with Crippen molar-refractivity contribution in [1.82, 2.24) is 5.48 Å². The fraction of sp³-hybridized carbons (Fsp3) is 0.118. The summed E-state index contributed by atoms with van der Waals surface area (Å²) < 4.78 is 47.6. The molecule has 2 N–H and O–H groups in total. The van der Waals surface area contributed by atoms with Gasteiger partial charge in [0.2, 0.25) is 0 Å². The highest BCUT2D eigenvalue weighted by atomic mass is 127. The van der Waals surface area contributed by atoms with Gasteiger partial charge in [-0.05, 0) is 62.8 Å². The summed E-state index contributed by atoms with van der Waals surface area (Å²) in [6.07, 6.45) is 1.20. The summed E-state index contributed by atoms with van der Waals surface area (Å²) in [4.78, 5) is 17.2. The molecule has 2 aromatic rings. The molecular weight excluding hydrogens is 544 g/mol. The summed E-state index contributed by atoms with van der Waals surface area (Å²) >= 11 is 4.75. The number of amides is 1. The Kier molecular flexibility index (Phi) is 7.92. The van der Waals surface area contributed by atoms with Gasteiger partial charge in [0.25, 0.3) is 5.91 Å². The van der Waals surface area contributed by atoms with E-state index in [1.807, 2.05) is 22.6 Å². The minimum absolute atomic E-state index is 0.00286. The van der Waals surface area contributed by atoms with Gasteiger partial charge in [-0.25, -0.2) is 18.7 Å². The molecule has 10 heteroatoms. The predicted octanol–water partition coefficient (Wildman–Crippen LogP) is 5.04. The van der Waals surface area contributed by atoms with Crippen molar-refractivity contribution < 1.29 is 27.5 Å². The summed E-state index contributed by atoms with van der Waals surface area (Å²) in [6, 6.07) is 5.19. The Hall–Kier alpha value is -1.79. The Morgan fingerprint density at radius 1 is 1.22 bits per heavy atom. The summed E-state index contributed by atoms with van der Waals surface area (Å²) in [6.45, 7) is 3.47. The number of anilines is 2. The Balaban J connectivity index is 2.30. The van der Waals surface area contributed by atoms with Gasteiger partial charge >= 0.3 is 0 Å². The number of hydroxylamine groups is 1. The number of halogens is 5. The Morgan fingerprint density at radius 2 is 1.96 bits per heavy atom. The Labute approximate surface area is 175 Å². The number of hydrogen-bond acceptors (Lipinski definition) is 4. The zero-order valence-electron chi connectivity index (χ0n) is 13.6. The highest BCUT2D eigenvalue weighted by molar-refractivity contribution is 14.1. The molecule has 2 aromatic carbocycles. The second kappa shape index (κ2) is 9.95. The number of rotatable bonds is 8. The van der Waals surface area contributed by atoms with Crippen LogP contribution in [0.15, 0.2) is 41.6 Å². The molecule has 27 heavy (non-hydrogen) atoms. The maximum atomic E-state index is 14.4. The molecule has 0 spiro atoms. The quantitative estimate of drug-likeness (QED) is 0.157. The second-order valence-corrected chi connectivity index (χ2v) is 7.08. The molecule has 0 aliphatic carbocycles. The number of carbonyl (C=O) groups is 1. The molecule has 0 heterocycles. The lowest BCUT2D eigenvalue weighted by Crippen LogP contribution is -2.26. The monoisotopic (exact) mass is 556 g/mol. The maximum Gasteiger partial charge on any atom is 0.277 e.